The molecule has 116 valence electrons. The number of thioether (sulfide) groups is 1. The average Bonchev–Trinajstić information content (AvgIpc) is 3.03. The Labute approximate surface area is 143 Å². The van der Waals surface area contributed by atoms with Crippen molar-refractivity contribution in [1.29, 1.82) is 0 Å². The van der Waals surface area contributed by atoms with Gasteiger partial charge in [0.1, 0.15) is 0 Å². The molecule has 5 heteroatoms. The second-order valence-corrected chi connectivity index (χ2v) is 6.88. The summed E-state index contributed by atoms with van der Waals surface area (Å²) in [6.45, 7) is 2.05. The molecule has 1 amide bonds. The van der Waals surface area contributed by atoms with Crippen LogP contribution in [-0.4, -0.2) is 16.6 Å². The molecule has 0 spiro atoms. The lowest BCUT2D eigenvalue weighted by atomic mass is 10.2. The number of aryl methyl sites for hydroxylation is 1. The molecule has 1 N–H and O–H groups in total. The third kappa shape index (κ3) is 4.21. The monoisotopic (exact) mass is 340 g/mol. The summed E-state index contributed by atoms with van der Waals surface area (Å²) >= 11 is 2.99. The third-order valence-electron chi connectivity index (χ3n) is 3.27. The summed E-state index contributed by atoms with van der Waals surface area (Å²) in [4.78, 5) is 17.7. The zero-order chi connectivity index (χ0) is 16.1. The van der Waals surface area contributed by atoms with E-state index in [2.05, 4.69) is 10.3 Å². The number of thiazole rings is 1. The SMILES string of the molecule is Cc1ccccc1SCC(=O)Nc1nc(-c2ccccc2)cs1. The molecule has 1 aromatic heterocycles. The minimum Gasteiger partial charge on any atom is -0.301 e. The van der Waals surface area contributed by atoms with Gasteiger partial charge in [-0.25, -0.2) is 4.98 Å². The van der Waals surface area contributed by atoms with E-state index >= 15 is 0 Å². The number of rotatable bonds is 5. The van der Waals surface area contributed by atoms with E-state index in [0.717, 1.165) is 16.2 Å². The summed E-state index contributed by atoms with van der Waals surface area (Å²) in [5.41, 5.74) is 3.13. The van der Waals surface area contributed by atoms with Gasteiger partial charge in [-0.3, -0.25) is 4.79 Å². The van der Waals surface area contributed by atoms with Crippen LogP contribution in [0.5, 0.6) is 0 Å². The fourth-order valence-corrected chi connectivity index (χ4v) is 3.65. The highest BCUT2D eigenvalue weighted by atomic mass is 32.2. The molecule has 0 unspecified atom stereocenters. The molecule has 0 saturated carbocycles. The number of carbonyl (C=O) groups is 1. The summed E-state index contributed by atoms with van der Waals surface area (Å²) in [6.07, 6.45) is 0. The molecule has 0 radical (unpaired) electrons. The predicted octanol–water partition coefficient (Wildman–Crippen LogP) is 4.85. The van der Waals surface area contributed by atoms with Crippen LogP contribution in [0.4, 0.5) is 5.13 Å². The average molecular weight is 340 g/mol. The molecule has 3 nitrogen and oxygen atoms in total. The van der Waals surface area contributed by atoms with Gasteiger partial charge >= 0.3 is 0 Å². The second-order valence-electron chi connectivity index (χ2n) is 5.01. The van der Waals surface area contributed by atoms with Crippen molar-refractivity contribution in [3.05, 3.63) is 65.5 Å². The second kappa shape index (κ2) is 7.44. The first kappa shape index (κ1) is 15.8. The minimum absolute atomic E-state index is 0.0350. The Kier molecular flexibility index (Phi) is 5.10. The van der Waals surface area contributed by atoms with Crippen molar-refractivity contribution in [2.45, 2.75) is 11.8 Å². The number of aromatic nitrogens is 1. The highest BCUT2D eigenvalue weighted by Crippen LogP contribution is 2.25. The first-order valence-electron chi connectivity index (χ1n) is 7.21. The molecule has 3 rings (SSSR count). The Morgan fingerprint density at radius 2 is 1.87 bits per heavy atom. The summed E-state index contributed by atoms with van der Waals surface area (Å²) in [5, 5.41) is 5.47. The molecule has 0 fully saturated rings. The van der Waals surface area contributed by atoms with Crippen LogP contribution >= 0.6 is 23.1 Å². The van der Waals surface area contributed by atoms with Crippen molar-refractivity contribution in [3.8, 4) is 11.3 Å². The topological polar surface area (TPSA) is 42.0 Å². The summed E-state index contributed by atoms with van der Waals surface area (Å²) in [6, 6.07) is 18.0. The molecule has 0 atom stereocenters. The molecule has 3 aromatic rings. The molecule has 2 aromatic carbocycles. The lowest BCUT2D eigenvalue weighted by Crippen LogP contribution is -2.13. The van der Waals surface area contributed by atoms with Gasteiger partial charge in [0.05, 0.1) is 11.4 Å². The molecule has 0 aliphatic rings. The Morgan fingerprint density at radius 1 is 1.13 bits per heavy atom. The highest BCUT2D eigenvalue weighted by molar-refractivity contribution is 8.00. The van der Waals surface area contributed by atoms with Crippen LogP contribution in [0.2, 0.25) is 0 Å². The van der Waals surface area contributed by atoms with E-state index in [0.29, 0.717) is 10.9 Å². The van der Waals surface area contributed by atoms with Gasteiger partial charge in [-0.1, -0.05) is 48.5 Å². The van der Waals surface area contributed by atoms with E-state index < -0.39 is 0 Å². The van der Waals surface area contributed by atoms with Crippen LogP contribution in [0.1, 0.15) is 5.56 Å². The lowest BCUT2D eigenvalue weighted by Gasteiger charge is -2.04. The minimum atomic E-state index is -0.0350. The van der Waals surface area contributed by atoms with Crippen molar-refractivity contribution in [1.82, 2.24) is 4.98 Å². The highest BCUT2D eigenvalue weighted by Gasteiger charge is 2.09. The Hall–Kier alpha value is -2.11. The van der Waals surface area contributed by atoms with E-state index in [9.17, 15) is 4.79 Å². The van der Waals surface area contributed by atoms with Gasteiger partial charge in [0, 0.05) is 15.8 Å². The quantitative estimate of drug-likeness (QED) is 0.675. The molecule has 0 aliphatic heterocycles. The number of amides is 1. The molecule has 0 saturated heterocycles. The Bertz CT molecular complexity index is 800. The Morgan fingerprint density at radius 3 is 2.65 bits per heavy atom. The van der Waals surface area contributed by atoms with Crippen molar-refractivity contribution >= 4 is 34.1 Å². The smallest absolute Gasteiger partial charge is 0.236 e. The van der Waals surface area contributed by atoms with Gasteiger partial charge in [0.2, 0.25) is 5.91 Å². The fourth-order valence-electron chi connectivity index (χ4n) is 2.09. The molecule has 0 bridgehead atoms. The van der Waals surface area contributed by atoms with Crippen LogP contribution in [0.3, 0.4) is 0 Å². The van der Waals surface area contributed by atoms with E-state index in [1.54, 1.807) is 11.8 Å². The molecular formula is C18H16N2OS2. The van der Waals surface area contributed by atoms with Crippen LogP contribution in [0.25, 0.3) is 11.3 Å². The fraction of sp³-hybridized carbons (Fsp3) is 0.111. The largest absolute Gasteiger partial charge is 0.301 e. The first-order valence-corrected chi connectivity index (χ1v) is 9.08. The van der Waals surface area contributed by atoms with Crippen molar-refractivity contribution in [2.75, 3.05) is 11.1 Å². The van der Waals surface area contributed by atoms with Gasteiger partial charge in [0.25, 0.3) is 0 Å². The Balaban J connectivity index is 1.58. The number of hydrogen-bond donors (Lipinski definition) is 1. The van der Waals surface area contributed by atoms with Gasteiger partial charge in [-0.05, 0) is 18.6 Å². The molecular weight excluding hydrogens is 324 g/mol. The van der Waals surface area contributed by atoms with E-state index in [-0.39, 0.29) is 5.91 Å². The first-order chi connectivity index (χ1) is 11.2. The zero-order valence-electron chi connectivity index (χ0n) is 12.7. The van der Waals surface area contributed by atoms with Gasteiger partial charge in [0.15, 0.2) is 5.13 Å². The standard InChI is InChI=1S/C18H16N2OS2/c1-13-7-5-6-10-16(13)22-12-17(21)20-18-19-15(11-23-18)14-8-3-2-4-9-14/h2-11H,12H2,1H3,(H,19,20,21). The van der Waals surface area contributed by atoms with Crippen molar-refractivity contribution in [3.63, 3.8) is 0 Å². The van der Waals surface area contributed by atoms with Gasteiger partial charge < -0.3 is 5.32 Å². The molecule has 0 aliphatic carbocycles. The summed E-state index contributed by atoms with van der Waals surface area (Å²) in [5.74, 6) is 0.345. The maximum absolute atomic E-state index is 12.1. The van der Waals surface area contributed by atoms with Gasteiger partial charge in [-0.2, -0.15) is 0 Å². The van der Waals surface area contributed by atoms with Crippen molar-refractivity contribution in [2.24, 2.45) is 0 Å². The van der Waals surface area contributed by atoms with Crippen LogP contribution in [0, 0.1) is 6.92 Å². The maximum atomic E-state index is 12.1. The molecule has 23 heavy (non-hydrogen) atoms. The lowest BCUT2D eigenvalue weighted by molar-refractivity contribution is -0.113. The number of nitrogens with one attached hydrogen (secondary N) is 1. The maximum Gasteiger partial charge on any atom is 0.236 e. The third-order valence-corrected chi connectivity index (χ3v) is 5.21. The number of carbonyl (C=O) groups excluding carboxylic acids is 1. The summed E-state index contributed by atoms with van der Waals surface area (Å²) in [7, 11) is 0. The van der Waals surface area contributed by atoms with E-state index in [1.165, 1.54) is 16.9 Å². The zero-order valence-corrected chi connectivity index (χ0v) is 14.3. The number of hydrogen-bond acceptors (Lipinski definition) is 4. The van der Waals surface area contributed by atoms with Gasteiger partial charge in [-0.15, -0.1) is 23.1 Å². The van der Waals surface area contributed by atoms with Crippen LogP contribution < -0.4 is 5.32 Å². The normalized spacial score (nSPS) is 10.5. The van der Waals surface area contributed by atoms with E-state index in [4.69, 9.17) is 0 Å². The number of nitrogens with zero attached hydrogens (tertiary/aromatic N) is 1. The predicted molar refractivity (Wildman–Crippen MR) is 98.1 cm³/mol. The van der Waals surface area contributed by atoms with Crippen LogP contribution in [-0.2, 0) is 4.79 Å². The van der Waals surface area contributed by atoms with Crippen LogP contribution in [0.15, 0.2) is 64.9 Å². The number of benzene rings is 2. The number of anilines is 1. The molecule has 1 heterocycles. The van der Waals surface area contributed by atoms with E-state index in [1.807, 2.05) is 66.9 Å². The summed E-state index contributed by atoms with van der Waals surface area (Å²) < 4.78 is 0. The van der Waals surface area contributed by atoms with Crippen molar-refractivity contribution < 1.29 is 4.79 Å².